The number of hydrogen-bond donors (Lipinski definition) is 1. The smallest absolute Gasteiger partial charge is 0.220 e. The zero-order valence-corrected chi connectivity index (χ0v) is 21.9. The van der Waals surface area contributed by atoms with Gasteiger partial charge < -0.3 is 10.2 Å². The molecule has 0 bridgehead atoms. The van der Waals surface area contributed by atoms with Gasteiger partial charge in [0.1, 0.15) is 0 Å². The molecule has 0 spiro atoms. The summed E-state index contributed by atoms with van der Waals surface area (Å²) < 4.78 is 0. The van der Waals surface area contributed by atoms with Crippen molar-refractivity contribution in [2.24, 2.45) is 46.3 Å². The number of likely N-dealkylation sites (N-methyl/N-ethyl adjacent to an activating group) is 1. The van der Waals surface area contributed by atoms with E-state index in [0.29, 0.717) is 17.3 Å². The van der Waals surface area contributed by atoms with E-state index in [-0.39, 0.29) is 5.91 Å². The second kappa shape index (κ2) is 9.96. The van der Waals surface area contributed by atoms with Crippen molar-refractivity contribution in [1.29, 1.82) is 0 Å². The molecule has 0 aromatic carbocycles. The van der Waals surface area contributed by atoms with Gasteiger partial charge in [-0.05, 0) is 118 Å². The van der Waals surface area contributed by atoms with E-state index < -0.39 is 0 Å². The molecule has 0 aliphatic heterocycles. The van der Waals surface area contributed by atoms with Crippen LogP contribution in [0.15, 0.2) is 0 Å². The van der Waals surface area contributed by atoms with Gasteiger partial charge in [0.15, 0.2) is 0 Å². The SMILES string of the molecule is CC[C@H]1CC2C3CC[C@H](CCCC(=O)NCCN(C)C)C3(C)CC[C@@H]2C2(C)CCCCC12. The van der Waals surface area contributed by atoms with Gasteiger partial charge in [0, 0.05) is 19.5 Å². The van der Waals surface area contributed by atoms with Crippen LogP contribution in [0.3, 0.4) is 0 Å². The van der Waals surface area contributed by atoms with Gasteiger partial charge in [0.25, 0.3) is 0 Å². The van der Waals surface area contributed by atoms with Crippen molar-refractivity contribution in [1.82, 2.24) is 10.2 Å². The molecule has 4 fully saturated rings. The highest BCUT2D eigenvalue weighted by Gasteiger charge is 2.60. The molecule has 5 unspecified atom stereocenters. The summed E-state index contributed by atoms with van der Waals surface area (Å²) in [5.74, 6) is 6.02. The van der Waals surface area contributed by atoms with E-state index in [9.17, 15) is 4.79 Å². The van der Waals surface area contributed by atoms with Gasteiger partial charge in [0.2, 0.25) is 5.91 Å². The molecule has 184 valence electrons. The molecule has 3 heteroatoms. The minimum Gasteiger partial charge on any atom is -0.355 e. The van der Waals surface area contributed by atoms with Crippen molar-refractivity contribution in [3.63, 3.8) is 0 Å². The summed E-state index contributed by atoms with van der Waals surface area (Å²) in [5.41, 5.74) is 1.17. The number of fused-ring (bicyclic) bond motifs is 5. The van der Waals surface area contributed by atoms with Crippen LogP contribution in [-0.4, -0.2) is 38.0 Å². The summed E-state index contributed by atoms with van der Waals surface area (Å²) in [6, 6.07) is 0. The van der Waals surface area contributed by atoms with E-state index >= 15 is 0 Å². The van der Waals surface area contributed by atoms with Gasteiger partial charge in [0.05, 0.1) is 0 Å². The average molecular weight is 445 g/mol. The monoisotopic (exact) mass is 444 g/mol. The third kappa shape index (κ3) is 4.53. The Bertz CT molecular complexity index is 647. The van der Waals surface area contributed by atoms with E-state index in [0.717, 1.165) is 55.0 Å². The molecule has 0 saturated heterocycles. The maximum absolute atomic E-state index is 12.3. The third-order valence-corrected chi connectivity index (χ3v) is 11.3. The fraction of sp³-hybridized carbons (Fsp3) is 0.966. The zero-order chi connectivity index (χ0) is 22.9. The van der Waals surface area contributed by atoms with E-state index in [4.69, 9.17) is 0 Å². The third-order valence-electron chi connectivity index (χ3n) is 11.3. The maximum atomic E-state index is 12.3. The van der Waals surface area contributed by atoms with Crippen LogP contribution in [0, 0.1) is 46.3 Å². The molecule has 0 aromatic heterocycles. The van der Waals surface area contributed by atoms with Crippen LogP contribution < -0.4 is 5.32 Å². The number of rotatable bonds is 8. The predicted molar refractivity (Wildman–Crippen MR) is 134 cm³/mol. The fourth-order valence-corrected chi connectivity index (χ4v) is 9.62. The second-order valence-electron chi connectivity index (χ2n) is 13.0. The Morgan fingerprint density at radius 2 is 1.75 bits per heavy atom. The number of amides is 1. The highest BCUT2D eigenvalue weighted by Crippen LogP contribution is 2.69. The van der Waals surface area contributed by atoms with Crippen LogP contribution in [0.1, 0.15) is 104 Å². The number of nitrogens with one attached hydrogen (secondary N) is 1. The van der Waals surface area contributed by atoms with Gasteiger partial charge in [-0.3, -0.25) is 4.79 Å². The second-order valence-corrected chi connectivity index (χ2v) is 13.0. The quantitative estimate of drug-likeness (QED) is 0.462. The molecule has 4 rings (SSSR count). The Balaban J connectivity index is 1.36. The van der Waals surface area contributed by atoms with Crippen molar-refractivity contribution in [3.8, 4) is 0 Å². The van der Waals surface area contributed by atoms with Crippen LogP contribution in [0.4, 0.5) is 0 Å². The molecular formula is C29H52N2O. The molecule has 4 aliphatic carbocycles. The van der Waals surface area contributed by atoms with Crippen molar-refractivity contribution in [2.45, 2.75) is 104 Å². The Morgan fingerprint density at radius 1 is 0.969 bits per heavy atom. The van der Waals surface area contributed by atoms with Crippen molar-refractivity contribution in [2.75, 3.05) is 27.2 Å². The molecule has 8 atom stereocenters. The lowest BCUT2D eigenvalue weighted by molar-refractivity contribution is -0.136. The molecule has 1 N–H and O–H groups in total. The molecule has 4 saturated carbocycles. The van der Waals surface area contributed by atoms with Gasteiger partial charge in [-0.15, -0.1) is 0 Å². The molecule has 0 aromatic rings. The summed E-state index contributed by atoms with van der Waals surface area (Å²) in [6.07, 6.45) is 17.8. The standard InChI is InChI=1S/C29H52N2O/c1-6-21-20-23-25-14-13-22(10-9-12-27(32)30-18-19-31(4)5)28(25,2)17-15-26(23)29(3)16-8-7-11-24(21)29/h21-26H,6-20H2,1-5H3,(H,30,32)/t21-,22-,23?,24?,25?,26-,28?,29?/m0/s1. The van der Waals surface area contributed by atoms with Crippen LogP contribution >= 0.6 is 0 Å². The topological polar surface area (TPSA) is 32.3 Å². The number of carbonyl (C=O) groups excluding carboxylic acids is 1. The van der Waals surface area contributed by atoms with Crippen molar-refractivity contribution in [3.05, 3.63) is 0 Å². The van der Waals surface area contributed by atoms with Crippen molar-refractivity contribution >= 4 is 5.91 Å². The summed E-state index contributed by atoms with van der Waals surface area (Å²) in [6.45, 7) is 9.56. The Morgan fingerprint density at radius 3 is 2.50 bits per heavy atom. The summed E-state index contributed by atoms with van der Waals surface area (Å²) in [5, 5.41) is 3.10. The lowest BCUT2D eigenvalue weighted by Gasteiger charge is -2.62. The highest BCUT2D eigenvalue weighted by molar-refractivity contribution is 5.75. The first-order valence-corrected chi connectivity index (χ1v) is 14.2. The molecule has 1 amide bonds. The zero-order valence-electron chi connectivity index (χ0n) is 21.9. The average Bonchev–Trinajstić information content (AvgIpc) is 3.09. The summed E-state index contributed by atoms with van der Waals surface area (Å²) in [4.78, 5) is 14.4. The lowest BCUT2D eigenvalue weighted by atomic mass is 9.42. The minimum absolute atomic E-state index is 0.254. The van der Waals surface area contributed by atoms with E-state index in [2.05, 4.69) is 45.1 Å². The van der Waals surface area contributed by atoms with Crippen molar-refractivity contribution < 1.29 is 4.79 Å². The van der Waals surface area contributed by atoms with Gasteiger partial charge in [-0.25, -0.2) is 0 Å². The lowest BCUT2D eigenvalue weighted by Crippen LogP contribution is -2.55. The first-order chi connectivity index (χ1) is 15.3. The Labute approximate surface area is 198 Å². The maximum Gasteiger partial charge on any atom is 0.220 e. The molecule has 32 heavy (non-hydrogen) atoms. The van der Waals surface area contributed by atoms with E-state index in [1.807, 2.05) is 0 Å². The first kappa shape index (κ1) is 24.6. The fourth-order valence-electron chi connectivity index (χ4n) is 9.62. The number of nitrogens with zero attached hydrogens (tertiary/aromatic N) is 1. The van der Waals surface area contributed by atoms with Crippen LogP contribution in [0.25, 0.3) is 0 Å². The van der Waals surface area contributed by atoms with E-state index in [1.54, 1.807) is 0 Å². The van der Waals surface area contributed by atoms with Crippen LogP contribution in [0.2, 0.25) is 0 Å². The molecule has 4 aliphatic rings. The molecule has 0 heterocycles. The predicted octanol–water partition coefficient (Wildman–Crippen LogP) is 6.52. The van der Waals surface area contributed by atoms with Gasteiger partial charge in [-0.2, -0.15) is 0 Å². The normalized spacial score (nSPS) is 43.4. The molecular weight excluding hydrogens is 392 g/mol. The van der Waals surface area contributed by atoms with Gasteiger partial charge >= 0.3 is 0 Å². The summed E-state index contributed by atoms with van der Waals surface area (Å²) in [7, 11) is 4.11. The van der Waals surface area contributed by atoms with Crippen LogP contribution in [-0.2, 0) is 4.79 Å². The highest BCUT2D eigenvalue weighted by atomic mass is 16.1. The number of hydrogen-bond acceptors (Lipinski definition) is 2. The van der Waals surface area contributed by atoms with E-state index in [1.165, 1.54) is 70.6 Å². The molecule has 3 nitrogen and oxygen atoms in total. The Hall–Kier alpha value is -0.570. The van der Waals surface area contributed by atoms with Crippen LogP contribution in [0.5, 0.6) is 0 Å². The Kier molecular flexibility index (Phi) is 7.64. The largest absolute Gasteiger partial charge is 0.355 e. The number of carbonyl (C=O) groups is 1. The minimum atomic E-state index is 0.254. The van der Waals surface area contributed by atoms with Gasteiger partial charge in [-0.1, -0.05) is 40.0 Å². The molecule has 0 radical (unpaired) electrons. The summed E-state index contributed by atoms with van der Waals surface area (Å²) >= 11 is 0. The first-order valence-electron chi connectivity index (χ1n) is 14.2.